The third kappa shape index (κ3) is 2.25. The first-order valence-electron chi connectivity index (χ1n) is 6.36. The van der Waals surface area contributed by atoms with Crippen LogP contribution in [0.4, 0.5) is 0 Å². The predicted octanol–water partition coefficient (Wildman–Crippen LogP) is 1.27. The van der Waals surface area contributed by atoms with E-state index in [9.17, 15) is 4.79 Å². The maximum atomic E-state index is 12.4. The van der Waals surface area contributed by atoms with Crippen molar-refractivity contribution in [3.05, 3.63) is 28.2 Å². The molecule has 7 heteroatoms. The quantitative estimate of drug-likeness (QED) is 0.847. The first-order valence-corrected chi connectivity index (χ1v) is 7.24. The van der Waals surface area contributed by atoms with Crippen LogP contribution in [-0.2, 0) is 17.8 Å². The Hall–Kier alpha value is -1.76. The van der Waals surface area contributed by atoms with Crippen molar-refractivity contribution in [3.8, 4) is 0 Å². The van der Waals surface area contributed by atoms with Gasteiger partial charge in [-0.3, -0.25) is 4.79 Å². The fraction of sp³-hybridized carbons (Fsp3) is 0.500. The van der Waals surface area contributed by atoms with Crippen LogP contribution < -0.4 is 0 Å². The van der Waals surface area contributed by atoms with Crippen molar-refractivity contribution >= 4 is 17.2 Å². The molecule has 1 aliphatic rings. The Labute approximate surface area is 115 Å². The molecule has 0 N–H and O–H groups in total. The number of fused-ring (bicyclic) bond motifs is 1. The summed E-state index contributed by atoms with van der Waals surface area (Å²) >= 11 is 1.79. The zero-order valence-electron chi connectivity index (χ0n) is 10.7. The van der Waals surface area contributed by atoms with E-state index in [1.807, 2.05) is 4.90 Å². The zero-order valence-corrected chi connectivity index (χ0v) is 11.5. The first-order chi connectivity index (χ1) is 9.29. The Kier molecular flexibility index (Phi) is 3.29. The van der Waals surface area contributed by atoms with Crippen molar-refractivity contribution in [2.75, 3.05) is 6.54 Å². The SMILES string of the molecule is CC[C@@H]1c2ccsc2CCN1C(=O)Cn1cnnn1. The second-order valence-electron chi connectivity index (χ2n) is 4.57. The van der Waals surface area contributed by atoms with Gasteiger partial charge in [0.15, 0.2) is 0 Å². The summed E-state index contributed by atoms with van der Waals surface area (Å²) in [5.41, 5.74) is 1.31. The average Bonchev–Trinajstić information content (AvgIpc) is 3.07. The number of hydrogen-bond donors (Lipinski definition) is 0. The molecule has 1 amide bonds. The van der Waals surface area contributed by atoms with Crippen molar-refractivity contribution in [1.29, 1.82) is 0 Å². The molecule has 0 radical (unpaired) electrons. The second-order valence-corrected chi connectivity index (χ2v) is 5.57. The van der Waals surface area contributed by atoms with Crippen LogP contribution in [0.3, 0.4) is 0 Å². The number of hydrogen-bond acceptors (Lipinski definition) is 5. The van der Waals surface area contributed by atoms with Gasteiger partial charge in [-0.25, -0.2) is 4.68 Å². The Morgan fingerprint density at radius 3 is 3.21 bits per heavy atom. The fourth-order valence-electron chi connectivity index (χ4n) is 2.62. The molecule has 6 nitrogen and oxygen atoms in total. The summed E-state index contributed by atoms with van der Waals surface area (Å²) in [6, 6.07) is 2.34. The topological polar surface area (TPSA) is 63.9 Å². The first kappa shape index (κ1) is 12.3. The van der Waals surface area contributed by atoms with Gasteiger partial charge in [0.1, 0.15) is 12.9 Å². The van der Waals surface area contributed by atoms with Crippen LogP contribution in [0.15, 0.2) is 17.8 Å². The van der Waals surface area contributed by atoms with E-state index in [4.69, 9.17) is 0 Å². The molecule has 2 aromatic heterocycles. The minimum absolute atomic E-state index is 0.0796. The van der Waals surface area contributed by atoms with Gasteiger partial charge in [0.25, 0.3) is 0 Å². The van der Waals surface area contributed by atoms with Gasteiger partial charge >= 0.3 is 0 Å². The molecule has 3 rings (SSSR count). The average molecular weight is 277 g/mol. The van der Waals surface area contributed by atoms with E-state index in [-0.39, 0.29) is 18.5 Å². The Balaban J connectivity index is 1.79. The normalized spacial score (nSPS) is 18.4. The van der Waals surface area contributed by atoms with Crippen LogP contribution >= 0.6 is 11.3 Å². The van der Waals surface area contributed by atoms with Gasteiger partial charge in [0, 0.05) is 11.4 Å². The zero-order chi connectivity index (χ0) is 13.2. The van der Waals surface area contributed by atoms with E-state index in [0.717, 1.165) is 19.4 Å². The molecule has 2 aromatic rings. The van der Waals surface area contributed by atoms with E-state index < -0.39 is 0 Å². The summed E-state index contributed by atoms with van der Waals surface area (Å²) in [4.78, 5) is 15.7. The second kappa shape index (κ2) is 5.08. The highest BCUT2D eigenvalue weighted by molar-refractivity contribution is 7.10. The minimum atomic E-state index is 0.0796. The van der Waals surface area contributed by atoms with Gasteiger partial charge in [-0.15, -0.1) is 16.4 Å². The highest BCUT2D eigenvalue weighted by Gasteiger charge is 2.30. The van der Waals surface area contributed by atoms with Crippen molar-refractivity contribution in [1.82, 2.24) is 25.1 Å². The largest absolute Gasteiger partial charge is 0.334 e. The summed E-state index contributed by atoms with van der Waals surface area (Å²) in [5.74, 6) is 0.0796. The number of thiophene rings is 1. The van der Waals surface area contributed by atoms with Crippen LogP contribution in [0.2, 0.25) is 0 Å². The lowest BCUT2D eigenvalue weighted by Gasteiger charge is -2.35. The van der Waals surface area contributed by atoms with E-state index in [2.05, 4.69) is 33.9 Å². The van der Waals surface area contributed by atoms with Crippen molar-refractivity contribution in [3.63, 3.8) is 0 Å². The summed E-state index contributed by atoms with van der Waals surface area (Å²) in [6.07, 6.45) is 3.36. The summed E-state index contributed by atoms with van der Waals surface area (Å²) < 4.78 is 1.47. The van der Waals surface area contributed by atoms with Crippen molar-refractivity contribution < 1.29 is 4.79 Å². The van der Waals surface area contributed by atoms with Gasteiger partial charge in [-0.2, -0.15) is 0 Å². The summed E-state index contributed by atoms with van der Waals surface area (Å²) in [5, 5.41) is 13.0. The number of amides is 1. The van der Waals surface area contributed by atoms with Crippen LogP contribution in [0.25, 0.3) is 0 Å². The molecule has 1 aliphatic heterocycles. The molecule has 0 aliphatic carbocycles. The molecule has 100 valence electrons. The molecule has 0 unspecified atom stereocenters. The molecule has 1 atom stereocenters. The van der Waals surface area contributed by atoms with Crippen LogP contribution in [0.1, 0.15) is 29.8 Å². The molecular weight excluding hydrogens is 262 g/mol. The molecule has 3 heterocycles. The number of aromatic nitrogens is 4. The molecule has 19 heavy (non-hydrogen) atoms. The number of carbonyl (C=O) groups is 1. The third-order valence-electron chi connectivity index (χ3n) is 3.49. The highest BCUT2D eigenvalue weighted by atomic mass is 32.1. The Morgan fingerprint density at radius 1 is 1.58 bits per heavy atom. The smallest absolute Gasteiger partial charge is 0.244 e. The Morgan fingerprint density at radius 2 is 2.47 bits per heavy atom. The van der Waals surface area contributed by atoms with E-state index in [0.29, 0.717) is 0 Å². The maximum Gasteiger partial charge on any atom is 0.244 e. The van der Waals surface area contributed by atoms with Gasteiger partial charge in [-0.1, -0.05) is 6.92 Å². The molecule has 0 aromatic carbocycles. The van der Waals surface area contributed by atoms with E-state index >= 15 is 0 Å². The molecular formula is C12H15N5OS. The standard InChI is InChI=1S/C12H15N5OS/c1-2-10-9-4-6-19-11(9)3-5-17(10)12(18)7-16-8-13-14-15-16/h4,6,8,10H,2-3,5,7H2,1H3/t10-/m1/s1. The summed E-state index contributed by atoms with van der Waals surface area (Å²) in [7, 11) is 0. The molecule has 0 saturated carbocycles. The molecule has 0 saturated heterocycles. The van der Waals surface area contributed by atoms with Gasteiger partial charge < -0.3 is 4.90 Å². The number of carbonyl (C=O) groups excluding carboxylic acids is 1. The highest BCUT2D eigenvalue weighted by Crippen LogP contribution is 2.35. The summed E-state index contributed by atoms with van der Waals surface area (Å²) in [6.45, 7) is 3.12. The third-order valence-corrected chi connectivity index (χ3v) is 4.49. The van der Waals surface area contributed by atoms with Crippen LogP contribution in [0.5, 0.6) is 0 Å². The molecule has 0 bridgehead atoms. The van der Waals surface area contributed by atoms with E-state index in [1.54, 1.807) is 11.3 Å². The lowest BCUT2D eigenvalue weighted by Crippen LogP contribution is -2.41. The fourth-order valence-corrected chi connectivity index (χ4v) is 3.55. The lowest BCUT2D eigenvalue weighted by atomic mass is 9.98. The Bertz CT molecular complexity index is 564. The number of rotatable bonds is 3. The molecule has 0 fully saturated rings. The monoisotopic (exact) mass is 277 g/mol. The van der Waals surface area contributed by atoms with Crippen molar-refractivity contribution in [2.45, 2.75) is 32.4 Å². The number of nitrogens with zero attached hydrogens (tertiary/aromatic N) is 5. The lowest BCUT2D eigenvalue weighted by molar-refractivity contribution is -0.135. The van der Waals surface area contributed by atoms with E-state index in [1.165, 1.54) is 21.4 Å². The molecule has 0 spiro atoms. The van der Waals surface area contributed by atoms with Crippen LogP contribution in [0, 0.1) is 0 Å². The van der Waals surface area contributed by atoms with Gasteiger partial charge in [0.05, 0.1) is 6.04 Å². The number of tetrazole rings is 1. The predicted molar refractivity (Wildman–Crippen MR) is 70.6 cm³/mol. The van der Waals surface area contributed by atoms with Crippen LogP contribution in [-0.4, -0.2) is 37.6 Å². The van der Waals surface area contributed by atoms with Gasteiger partial charge in [-0.05, 0) is 40.3 Å². The minimum Gasteiger partial charge on any atom is -0.334 e. The van der Waals surface area contributed by atoms with Crippen molar-refractivity contribution in [2.24, 2.45) is 0 Å². The maximum absolute atomic E-state index is 12.4. The van der Waals surface area contributed by atoms with Gasteiger partial charge in [0.2, 0.25) is 5.91 Å².